The predicted octanol–water partition coefficient (Wildman–Crippen LogP) is 2.31. The van der Waals surface area contributed by atoms with Crippen molar-refractivity contribution in [2.75, 3.05) is 65.6 Å². The van der Waals surface area contributed by atoms with Crippen LogP contribution in [0.5, 0.6) is 0 Å². The maximum atomic E-state index is 13.4. The van der Waals surface area contributed by atoms with Crippen molar-refractivity contribution < 1.29 is 19.1 Å². The Bertz CT molecular complexity index is 913. The molecule has 2 aliphatic rings. The summed E-state index contributed by atoms with van der Waals surface area (Å²) in [5.41, 5.74) is 2.48. The van der Waals surface area contributed by atoms with Crippen molar-refractivity contribution in [1.82, 2.24) is 14.7 Å². The maximum Gasteiger partial charge on any atom is 0.254 e. The highest BCUT2D eigenvalue weighted by molar-refractivity contribution is 5.95. The minimum absolute atomic E-state index is 0.00151. The van der Waals surface area contributed by atoms with Crippen LogP contribution >= 0.6 is 0 Å². The van der Waals surface area contributed by atoms with E-state index in [2.05, 4.69) is 4.90 Å². The van der Waals surface area contributed by atoms with Crippen molar-refractivity contribution in [3.05, 3.63) is 71.3 Å². The van der Waals surface area contributed by atoms with E-state index in [1.54, 1.807) is 0 Å². The highest BCUT2D eigenvalue weighted by atomic mass is 16.5. The van der Waals surface area contributed by atoms with Gasteiger partial charge in [0.25, 0.3) is 11.8 Å². The van der Waals surface area contributed by atoms with Gasteiger partial charge in [-0.25, -0.2) is 0 Å². The Labute approximate surface area is 195 Å². The van der Waals surface area contributed by atoms with Gasteiger partial charge in [0, 0.05) is 56.9 Å². The van der Waals surface area contributed by atoms with Crippen LogP contribution in [0.3, 0.4) is 0 Å². The van der Waals surface area contributed by atoms with E-state index in [1.165, 1.54) is 0 Å². The first-order valence-corrected chi connectivity index (χ1v) is 11.7. The molecule has 0 N–H and O–H groups in total. The van der Waals surface area contributed by atoms with Crippen LogP contribution < -0.4 is 0 Å². The molecular formula is C26H33N3O4. The summed E-state index contributed by atoms with van der Waals surface area (Å²) in [6, 6.07) is 17.0. The number of carbonyl (C=O) groups excluding carboxylic acids is 2. The summed E-state index contributed by atoms with van der Waals surface area (Å²) < 4.78 is 11.4. The van der Waals surface area contributed by atoms with E-state index in [4.69, 9.17) is 9.47 Å². The number of morpholine rings is 2. The molecule has 2 amide bonds. The molecule has 2 fully saturated rings. The summed E-state index contributed by atoms with van der Waals surface area (Å²) in [6.45, 7) is 8.60. The Hall–Kier alpha value is -2.74. The Kier molecular flexibility index (Phi) is 8.10. The molecule has 1 atom stereocenters. The number of ether oxygens (including phenoxy) is 2. The molecule has 2 aromatic rings. The second kappa shape index (κ2) is 11.4. The SMILES string of the molecule is Cc1ccc(C(=O)N(CCN2CCOCC2)CC2CN(C(=O)c3ccccc3)CCO2)cc1. The van der Waals surface area contributed by atoms with Crippen LogP contribution in [0.2, 0.25) is 0 Å². The van der Waals surface area contributed by atoms with E-state index >= 15 is 0 Å². The molecule has 0 saturated carbocycles. The first-order valence-electron chi connectivity index (χ1n) is 11.7. The molecule has 0 bridgehead atoms. The van der Waals surface area contributed by atoms with E-state index in [0.29, 0.717) is 43.9 Å². The number of nitrogens with zero attached hydrogens (tertiary/aromatic N) is 3. The summed E-state index contributed by atoms with van der Waals surface area (Å²) >= 11 is 0. The fourth-order valence-corrected chi connectivity index (χ4v) is 4.26. The highest BCUT2D eigenvalue weighted by Crippen LogP contribution is 2.14. The second-order valence-electron chi connectivity index (χ2n) is 8.68. The van der Waals surface area contributed by atoms with Gasteiger partial charge in [0.1, 0.15) is 0 Å². The van der Waals surface area contributed by atoms with E-state index in [0.717, 1.165) is 38.4 Å². The molecule has 33 heavy (non-hydrogen) atoms. The van der Waals surface area contributed by atoms with Crippen molar-refractivity contribution in [1.29, 1.82) is 0 Å². The zero-order valence-electron chi connectivity index (χ0n) is 19.3. The van der Waals surface area contributed by atoms with Gasteiger partial charge in [-0.1, -0.05) is 35.9 Å². The Morgan fingerprint density at radius 1 is 0.939 bits per heavy atom. The summed E-state index contributed by atoms with van der Waals surface area (Å²) in [6.07, 6.45) is -0.217. The molecule has 2 aliphatic heterocycles. The first kappa shape index (κ1) is 23.4. The van der Waals surface area contributed by atoms with Crippen LogP contribution in [0.4, 0.5) is 0 Å². The predicted molar refractivity (Wildman–Crippen MR) is 126 cm³/mol. The van der Waals surface area contributed by atoms with Gasteiger partial charge in [-0.05, 0) is 31.2 Å². The lowest BCUT2D eigenvalue weighted by molar-refractivity contribution is -0.0346. The molecule has 0 spiro atoms. The summed E-state index contributed by atoms with van der Waals surface area (Å²) in [4.78, 5) is 32.3. The van der Waals surface area contributed by atoms with Crippen molar-refractivity contribution in [3.8, 4) is 0 Å². The lowest BCUT2D eigenvalue weighted by atomic mass is 10.1. The zero-order valence-corrected chi connectivity index (χ0v) is 19.3. The fourth-order valence-electron chi connectivity index (χ4n) is 4.26. The monoisotopic (exact) mass is 451 g/mol. The number of hydrogen-bond donors (Lipinski definition) is 0. The summed E-state index contributed by atoms with van der Waals surface area (Å²) in [5.74, 6) is 0.00648. The van der Waals surface area contributed by atoms with Crippen molar-refractivity contribution in [2.45, 2.75) is 13.0 Å². The number of carbonyl (C=O) groups is 2. The van der Waals surface area contributed by atoms with Gasteiger partial charge >= 0.3 is 0 Å². The molecule has 0 aromatic heterocycles. The smallest absolute Gasteiger partial charge is 0.254 e. The fraction of sp³-hybridized carbons (Fsp3) is 0.462. The first-order chi connectivity index (χ1) is 16.1. The molecule has 1 unspecified atom stereocenters. The van der Waals surface area contributed by atoms with E-state index in [1.807, 2.05) is 71.3 Å². The largest absolute Gasteiger partial charge is 0.379 e. The third-order valence-electron chi connectivity index (χ3n) is 6.25. The Balaban J connectivity index is 1.43. The number of rotatable bonds is 7. The van der Waals surface area contributed by atoms with Crippen LogP contribution in [0.15, 0.2) is 54.6 Å². The molecule has 2 aromatic carbocycles. The van der Waals surface area contributed by atoms with Crippen molar-refractivity contribution >= 4 is 11.8 Å². The minimum Gasteiger partial charge on any atom is -0.379 e. The van der Waals surface area contributed by atoms with Gasteiger partial charge in [-0.2, -0.15) is 0 Å². The standard InChI is InChI=1S/C26H33N3O4/c1-21-7-9-23(10-8-21)26(31)28(12-11-27-13-16-32-17-14-27)19-24-20-29(15-18-33-24)25(30)22-5-3-2-4-6-22/h2-10,24H,11-20H2,1H3. The highest BCUT2D eigenvalue weighted by Gasteiger charge is 2.28. The zero-order chi connectivity index (χ0) is 23.0. The number of benzene rings is 2. The lowest BCUT2D eigenvalue weighted by Crippen LogP contribution is -2.52. The number of hydrogen-bond acceptors (Lipinski definition) is 5. The van der Waals surface area contributed by atoms with Crippen LogP contribution in [-0.4, -0.2) is 98.3 Å². The molecule has 0 aliphatic carbocycles. The average molecular weight is 452 g/mol. The normalized spacial score (nSPS) is 19.3. The summed E-state index contributed by atoms with van der Waals surface area (Å²) in [5, 5.41) is 0. The maximum absolute atomic E-state index is 13.4. The molecule has 4 rings (SSSR count). The second-order valence-corrected chi connectivity index (χ2v) is 8.68. The van der Waals surface area contributed by atoms with Gasteiger partial charge in [0.15, 0.2) is 0 Å². The van der Waals surface area contributed by atoms with Crippen LogP contribution in [0.1, 0.15) is 26.3 Å². The Morgan fingerprint density at radius 2 is 1.67 bits per heavy atom. The number of amides is 2. The molecule has 0 radical (unpaired) electrons. The molecule has 2 heterocycles. The third-order valence-corrected chi connectivity index (χ3v) is 6.25. The van der Waals surface area contributed by atoms with E-state index in [9.17, 15) is 9.59 Å². The van der Waals surface area contributed by atoms with Crippen molar-refractivity contribution in [2.24, 2.45) is 0 Å². The quantitative estimate of drug-likeness (QED) is 0.647. The van der Waals surface area contributed by atoms with E-state index in [-0.39, 0.29) is 17.9 Å². The van der Waals surface area contributed by atoms with Crippen LogP contribution in [0.25, 0.3) is 0 Å². The van der Waals surface area contributed by atoms with E-state index < -0.39 is 0 Å². The van der Waals surface area contributed by atoms with Crippen LogP contribution in [0, 0.1) is 6.92 Å². The average Bonchev–Trinajstić information content (AvgIpc) is 2.87. The molecular weight excluding hydrogens is 418 g/mol. The van der Waals surface area contributed by atoms with Gasteiger partial charge in [0.05, 0.1) is 25.9 Å². The van der Waals surface area contributed by atoms with Gasteiger partial charge in [0.2, 0.25) is 0 Å². The lowest BCUT2D eigenvalue weighted by Gasteiger charge is -2.37. The van der Waals surface area contributed by atoms with Crippen LogP contribution in [-0.2, 0) is 9.47 Å². The summed E-state index contributed by atoms with van der Waals surface area (Å²) in [7, 11) is 0. The number of aryl methyl sites for hydroxylation is 1. The minimum atomic E-state index is -0.217. The van der Waals surface area contributed by atoms with Crippen molar-refractivity contribution in [3.63, 3.8) is 0 Å². The van der Waals surface area contributed by atoms with Gasteiger partial charge < -0.3 is 19.3 Å². The molecule has 7 nitrogen and oxygen atoms in total. The molecule has 7 heteroatoms. The van der Waals surface area contributed by atoms with Gasteiger partial charge in [-0.3, -0.25) is 14.5 Å². The Morgan fingerprint density at radius 3 is 2.39 bits per heavy atom. The van der Waals surface area contributed by atoms with Gasteiger partial charge in [-0.15, -0.1) is 0 Å². The third kappa shape index (κ3) is 6.41. The molecule has 176 valence electrons. The topological polar surface area (TPSA) is 62.3 Å². The molecule has 2 saturated heterocycles.